The van der Waals surface area contributed by atoms with Crippen LogP contribution in [0.25, 0.3) is 0 Å². The van der Waals surface area contributed by atoms with E-state index in [0.29, 0.717) is 6.54 Å². The standard InChI is InChI=1S/C16H24N2O2S/c1-4-5-10-17-16(20)13(3)21-11-15(19)18-14-8-6-12(2)7-9-14/h6-9,13H,4-5,10-11H2,1-3H3,(H,17,20)(H,18,19). The maximum absolute atomic E-state index is 11.8. The van der Waals surface area contributed by atoms with E-state index in [1.807, 2.05) is 38.1 Å². The van der Waals surface area contributed by atoms with Crippen LogP contribution in [0.5, 0.6) is 0 Å². The number of rotatable bonds is 8. The highest BCUT2D eigenvalue weighted by Gasteiger charge is 2.14. The van der Waals surface area contributed by atoms with Crippen LogP contribution in [0.2, 0.25) is 0 Å². The lowest BCUT2D eigenvalue weighted by Gasteiger charge is -2.12. The summed E-state index contributed by atoms with van der Waals surface area (Å²) in [5, 5.41) is 5.48. The quantitative estimate of drug-likeness (QED) is 0.726. The number of unbranched alkanes of at least 4 members (excludes halogenated alkanes) is 1. The van der Waals surface area contributed by atoms with E-state index in [1.54, 1.807) is 0 Å². The lowest BCUT2D eigenvalue weighted by atomic mass is 10.2. The van der Waals surface area contributed by atoms with E-state index in [0.717, 1.165) is 24.1 Å². The van der Waals surface area contributed by atoms with Gasteiger partial charge in [0.1, 0.15) is 0 Å². The summed E-state index contributed by atoms with van der Waals surface area (Å²) in [7, 11) is 0. The van der Waals surface area contributed by atoms with Crippen LogP contribution < -0.4 is 10.6 Å². The normalized spacial score (nSPS) is 11.8. The largest absolute Gasteiger partial charge is 0.355 e. The minimum Gasteiger partial charge on any atom is -0.355 e. The smallest absolute Gasteiger partial charge is 0.234 e. The van der Waals surface area contributed by atoms with E-state index < -0.39 is 0 Å². The molecule has 0 saturated heterocycles. The van der Waals surface area contributed by atoms with Crippen LogP contribution in [-0.4, -0.2) is 29.4 Å². The van der Waals surface area contributed by atoms with Gasteiger partial charge in [-0.15, -0.1) is 11.8 Å². The van der Waals surface area contributed by atoms with Gasteiger partial charge in [0, 0.05) is 12.2 Å². The number of aryl methyl sites for hydroxylation is 1. The highest BCUT2D eigenvalue weighted by atomic mass is 32.2. The number of amides is 2. The number of hydrogen-bond donors (Lipinski definition) is 2. The molecule has 0 bridgehead atoms. The van der Waals surface area contributed by atoms with Crippen molar-refractivity contribution in [1.82, 2.24) is 5.32 Å². The number of carbonyl (C=O) groups is 2. The number of benzene rings is 1. The Morgan fingerprint density at radius 1 is 1.24 bits per heavy atom. The Morgan fingerprint density at radius 3 is 2.52 bits per heavy atom. The number of anilines is 1. The van der Waals surface area contributed by atoms with Gasteiger partial charge in [-0.25, -0.2) is 0 Å². The zero-order valence-corrected chi connectivity index (χ0v) is 13.8. The predicted octanol–water partition coefficient (Wildman–Crippen LogP) is 2.97. The van der Waals surface area contributed by atoms with Crippen molar-refractivity contribution in [3.63, 3.8) is 0 Å². The third kappa shape index (κ3) is 7.18. The fourth-order valence-corrected chi connectivity index (χ4v) is 2.35. The van der Waals surface area contributed by atoms with Crippen molar-refractivity contribution in [2.75, 3.05) is 17.6 Å². The number of nitrogens with one attached hydrogen (secondary N) is 2. The first kappa shape index (κ1) is 17.6. The molecule has 5 heteroatoms. The van der Waals surface area contributed by atoms with E-state index in [9.17, 15) is 9.59 Å². The van der Waals surface area contributed by atoms with Gasteiger partial charge in [0.2, 0.25) is 11.8 Å². The Labute approximate surface area is 131 Å². The van der Waals surface area contributed by atoms with Crippen LogP contribution >= 0.6 is 11.8 Å². The lowest BCUT2D eigenvalue weighted by molar-refractivity contribution is -0.120. The van der Waals surface area contributed by atoms with Crippen LogP contribution in [0.1, 0.15) is 32.3 Å². The van der Waals surface area contributed by atoms with Gasteiger partial charge in [-0.2, -0.15) is 0 Å². The van der Waals surface area contributed by atoms with Crippen molar-refractivity contribution < 1.29 is 9.59 Å². The van der Waals surface area contributed by atoms with Gasteiger partial charge >= 0.3 is 0 Å². The molecular weight excluding hydrogens is 284 g/mol. The Bertz CT molecular complexity index is 460. The molecule has 2 amide bonds. The fourth-order valence-electron chi connectivity index (χ4n) is 1.64. The molecule has 2 N–H and O–H groups in total. The highest BCUT2D eigenvalue weighted by Crippen LogP contribution is 2.13. The monoisotopic (exact) mass is 308 g/mol. The van der Waals surface area contributed by atoms with Gasteiger partial charge in [0.05, 0.1) is 11.0 Å². The molecule has 0 aliphatic carbocycles. The molecule has 0 fully saturated rings. The predicted molar refractivity (Wildman–Crippen MR) is 89.6 cm³/mol. The zero-order valence-electron chi connectivity index (χ0n) is 12.9. The molecule has 0 aliphatic heterocycles. The summed E-state index contributed by atoms with van der Waals surface area (Å²) >= 11 is 1.35. The molecule has 0 spiro atoms. The first-order chi connectivity index (χ1) is 10.0. The van der Waals surface area contributed by atoms with Gasteiger partial charge < -0.3 is 10.6 Å². The maximum Gasteiger partial charge on any atom is 0.234 e. The lowest BCUT2D eigenvalue weighted by Crippen LogP contribution is -2.32. The van der Waals surface area contributed by atoms with Crippen molar-refractivity contribution in [1.29, 1.82) is 0 Å². The second-order valence-electron chi connectivity index (χ2n) is 5.01. The summed E-state index contributed by atoms with van der Waals surface area (Å²) in [4.78, 5) is 23.6. The van der Waals surface area contributed by atoms with E-state index in [4.69, 9.17) is 0 Å². The van der Waals surface area contributed by atoms with E-state index in [1.165, 1.54) is 11.8 Å². The van der Waals surface area contributed by atoms with Crippen molar-refractivity contribution in [2.45, 2.75) is 38.9 Å². The Hall–Kier alpha value is -1.49. The molecule has 1 atom stereocenters. The molecule has 1 aromatic rings. The Morgan fingerprint density at radius 2 is 1.90 bits per heavy atom. The average molecular weight is 308 g/mol. The van der Waals surface area contributed by atoms with E-state index in [2.05, 4.69) is 17.6 Å². The molecule has 0 aromatic heterocycles. The first-order valence-electron chi connectivity index (χ1n) is 7.28. The second-order valence-corrected chi connectivity index (χ2v) is 6.34. The van der Waals surface area contributed by atoms with Gasteiger partial charge in [-0.1, -0.05) is 31.0 Å². The van der Waals surface area contributed by atoms with Crippen molar-refractivity contribution in [3.05, 3.63) is 29.8 Å². The maximum atomic E-state index is 11.8. The molecular formula is C16H24N2O2S. The van der Waals surface area contributed by atoms with Crippen LogP contribution in [0.4, 0.5) is 5.69 Å². The molecule has 21 heavy (non-hydrogen) atoms. The molecule has 0 heterocycles. The summed E-state index contributed by atoms with van der Waals surface area (Å²) in [6.07, 6.45) is 2.04. The summed E-state index contributed by atoms with van der Waals surface area (Å²) in [5.74, 6) is 0.185. The zero-order chi connectivity index (χ0) is 15.7. The average Bonchev–Trinajstić information content (AvgIpc) is 2.47. The van der Waals surface area contributed by atoms with Gasteiger partial charge in [0.25, 0.3) is 0 Å². The third-order valence-corrected chi connectivity index (χ3v) is 4.14. The second kappa shape index (κ2) is 9.45. The molecule has 116 valence electrons. The first-order valence-corrected chi connectivity index (χ1v) is 8.33. The van der Waals surface area contributed by atoms with Gasteiger partial charge in [0.15, 0.2) is 0 Å². The van der Waals surface area contributed by atoms with Crippen molar-refractivity contribution in [3.8, 4) is 0 Å². The summed E-state index contributed by atoms with van der Waals surface area (Å²) < 4.78 is 0. The van der Waals surface area contributed by atoms with Crippen molar-refractivity contribution in [2.24, 2.45) is 0 Å². The molecule has 1 unspecified atom stereocenters. The number of carbonyl (C=O) groups excluding carboxylic acids is 2. The van der Waals surface area contributed by atoms with Crippen LogP contribution in [0.3, 0.4) is 0 Å². The fraction of sp³-hybridized carbons (Fsp3) is 0.500. The number of hydrogen-bond acceptors (Lipinski definition) is 3. The van der Waals surface area contributed by atoms with Gasteiger partial charge in [-0.05, 0) is 32.4 Å². The van der Waals surface area contributed by atoms with Crippen molar-refractivity contribution >= 4 is 29.3 Å². The van der Waals surface area contributed by atoms with E-state index in [-0.39, 0.29) is 22.8 Å². The minimum absolute atomic E-state index is 0.00316. The molecule has 0 aliphatic rings. The number of thioether (sulfide) groups is 1. The molecule has 1 aromatic carbocycles. The molecule has 1 rings (SSSR count). The van der Waals surface area contributed by atoms with Crippen LogP contribution in [-0.2, 0) is 9.59 Å². The Kier molecular flexibility index (Phi) is 7.90. The topological polar surface area (TPSA) is 58.2 Å². The summed E-state index contributed by atoms with van der Waals surface area (Å²) in [6.45, 7) is 6.61. The molecule has 0 saturated carbocycles. The minimum atomic E-state index is -0.217. The summed E-state index contributed by atoms with van der Waals surface area (Å²) in [5.41, 5.74) is 1.94. The molecule has 0 radical (unpaired) electrons. The Balaban J connectivity index is 2.28. The van der Waals surface area contributed by atoms with Gasteiger partial charge in [-0.3, -0.25) is 9.59 Å². The summed E-state index contributed by atoms with van der Waals surface area (Å²) in [6, 6.07) is 7.65. The highest BCUT2D eigenvalue weighted by molar-refractivity contribution is 8.01. The van der Waals surface area contributed by atoms with E-state index >= 15 is 0 Å². The van der Waals surface area contributed by atoms with Crippen LogP contribution in [0, 0.1) is 6.92 Å². The van der Waals surface area contributed by atoms with Crippen LogP contribution in [0.15, 0.2) is 24.3 Å². The SMILES string of the molecule is CCCCNC(=O)C(C)SCC(=O)Nc1ccc(C)cc1. The third-order valence-electron chi connectivity index (χ3n) is 3.00. The molecule has 4 nitrogen and oxygen atoms in total.